The van der Waals surface area contributed by atoms with Crippen molar-refractivity contribution in [2.45, 2.75) is 58.3 Å². The summed E-state index contributed by atoms with van der Waals surface area (Å²) in [5, 5.41) is 0. The standard InChI is InChI=1S/C14H23NO7/c1-7-11(20-8(2)16)12(21-9(3)17)13(22-10(4)18)14(19-7)15(5)6/h7,11-14H,1-6H3/t7?,11-,12?,13-,14+/m0/s1. The molecule has 5 atom stereocenters. The second-order valence-electron chi connectivity index (χ2n) is 5.42. The van der Waals surface area contributed by atoms with Crippen molar-refractivity contribution in [1.82, 2.24) is 4.90 Å². The molecule has 0 aromatic carbocycles. The van der Waals surface area contributed by atoms with Gasteiger partial charge in [-0.2, -0.15) is 0 Å². The van der Waals surface area contributed by atoms with Crippen LogP contribution in [0.5, 0.6) is 0 Å². The lowest BCUT2D eigenvalue weighted by Gasteiger charge is -2.45. The quantitative estimate of drug-likeness (QED) is 0.532. The molecule has 1 fully saturated rings. The van der Waals surface area contributed by atoms with Crippen LogP contribution in [0, 0.1) is 0 Å². The maximum atomic E-state index is 11.4. The molecule has 0 N–H and O–H groups in total. The maximum absolute atomic E-state index is 11.4. The van der Waals surface area contributed by atoms with E-state index in [1.165, 1.54) is 20.8 Å². The van der Waals surface area contributed by atoms with Crippen molar-refractivity contribution in [3.8, 4) is 0 Å². The Morgan fingerprint density at radius 3 is 1.64 bits per heavy atom. The fourth-order valence-corrected chi connectivity index (χ4v) is 2.40. The van der Waals surface area contributed by atoms with Gasteiger partial charge in [0.05, 0.1) is 6.10 Å². The van der Waals surface area contributed by atoms with Gasteiger partial charge in [-0.15, -0.1) is 0 Å². The van der Waals surface area contributed by atoms with Crippen molar-refractivity contribution in [3.63, 3.8) is 0 Å². The van der Waals surface area contributed by atoms with Crippen LogP contribution >= 0.6 is 0 Å². The lowest BCUT2D eigenvalue weighted by atomic mass is 9.97. The summed E-state index contributed by atoms with van der Waals surface area (Å²) >= 11 is 0. The number of hydrogen-bond acceptors (Lipinski definition) is 8. The van der Waals surface area contributed by atoms with Gasteiger partial charge in [0.2, 0.25) is 0 Å². The molecule has 0 aliphatic carbocycles. The largest absolute Gasteiger partial charge is 0.456 e. The Balaban J connectivity index is 3.15. The van der Waals surface area contributed by atoms with Gasteiger partial charge in [-0.25, -0.2) is 0 Å². The van der Waals surface area contributed by atoms with E-state index in [2.05, 4.69) is 0 Å². The summed E-state index contributed by atoms with van der Waals surface area (Å²) < 4.78 is 21.5. The van der Waals surface area contributed by atoms with Crippen LogP contribution in [0.1, 0.15) is 27.7 Å². The molecular weight excluding hydrogens is 294 g/mol. The molecule has 1 saturated heterocycles. The third-order valence-electron chi connectivity index (χ3n) is 3.16. The number of rotatable bonds is 4. The highest BCUT2D eigenvalue weighted by Crippen LogP contribution is 2.29. The third-order valence-corrected chi connectivity index (χ3v) is 3.16. The number of ether oxygens (including phenoxy) is 4. The predicted molar refractivity (Wildman–Crippen MR) is 74.7 cm³/mol. The van der Waals surface area contributed by atoms with E-state index in [0.29, 0.717) is 0 Å². The first-order valence-corrected chi connectivity index (χ1v) is 6.97. The molecule has 0 spiro atoms. The molecule has 1 aliphatic heterocycles. The minimum Gasteiger partial charge on any atom is -0.456 e. The second-order valence-corrected chi connectivity index (χ2v) is 5.42. The average molecular weight is 317 g/mol. The summed E-state index contributed by atoms with van der Waals surface area (Å²) in [5.41, 5.74) is 0. The molecule has 0 aromatic heterocycles. The van der Waals surface area contributed by atoms with Gasteiger partial charge in [0, 0.05) is 20.8 Å². The molecule has 2 unspecified atom stereocenters. The summed E-state index contributed by atoms with van der Waals surface area (Å²) in [6.45, 7) is 5.43. The number of carbonyl (C=O) groups excluding carboxylic acids is 3. The number of likely N-dealkylation sites (N-methyl/N-ethyl adjacent to an activating group) is 1. The first kappa shape index (κ1) is 18.4. The van der Waals surface area contributed by atoms with Crippen molar-refractivity contribution < 1.29 is 33.3 Å². The van der Waals surface area contributed by atoms with Crippen LogP contribution in [0.25, 0.3) is 0 Å². The minimum atomic E-state index is -0.943. The highest BCUT2D eigenvalue weighted by atomic mass is 16.7. The molecule has 1 rings (SSSR count). The summed E-state index contributed by atoms with van der Waals surface area (Å²) in [4.78, 5) is 35.8. The number of hydrogen-bond donors (Lipinski definition) is 0. The van der Waals surface area contributed by atoms with E-state index in [9.17, 15) is 14.4 Å². The first-order chi connectivity index (χ1) is 10.1. The highest BCUT2D eigenvalue weighted by molar-refractivity contribution is 5.68. The topological polar surface area (TPSA) is 91.4 Å². The van der Waals surface area contributed by atoms with E-state index < -0.39 is 48.6 Å². The monoisotopic (exact) mass is 317 g/mol. The van der Waals surface area contributed by atoms with Crippen LogP contribution in [0.3, 0.4) is 0 Å². The van der Waals surface area contributed by atoms with Crippen LogP contribution in [-0.2, 0) is 33.3 Å². The first-order valence-electron chi connectivity index (χ1n) is 6.97. The fourth-order valence-electron chi connectivity index (χ4n) is 2.40. The summed E-state index contributed by atoms with van der Waals surface area (Å²) in [5.74, 6) is -1.65. The van der Waals surface area contributed by atoms with Crippen molar-refractivity contribution in [2.75, 3.05) is 14.1 Å². The van der Waals surface area contributed by atoms with Crippen molar-refractivity contribution >= 4 is 17.9 Å². The van der Waals surface area contributed by atoms with Crippen molar-refractivity contribution in [2.24, 2.45) is 0 Å². The Hall–Kier alpha value is -1.67. The summed E-state index contributed by atoms with van der Waals surface area (Å²) in [6.07, 6.45) is -3.87. The zero-order valence-corrected chi connectivity index (χ0v) is 13.7. The molecule has 0 radical (unpaired) electrons. The lowest BCUT2D eigenvalue weighted by Crippen LogP contribution is -2.63. The lowest BCUT2D eigenvalue weighted by molar-refractivity contribution is -0.265. The fraction of sp³-hybridized carbons (Fsp3) is 0.786. The molecule has 8 nitrogen and oxygen atoms in total. The molecular formula is C14H23NO7. The summed E-state index contributed by atoms with van der Waals surface area (Å²) in [7, 11) is 3.48. The van der Waals surface area contributed by atoms with E-state index in [0.717, 1.165) is 0 Å². The van der Waals surface area contributed by atoms with Crippen LogP contribution in [0.4, 0.5) is 0 Å². The van der Waals surface area contributed by atoms with Crippen LogP contribution < -0.4 is 0 Å². The van der Waals surface area contributed by atoms with E-state index in [1.807, 2.05) is 0 Å². The van der Waals surface area contributed by atoms with Gasteiger partial charge in [-0.1, -0.05) is 0 Å². The SMILES string of the molecule is CC(=O)OC1[C@@H](OC(C)=O)C(C)O[C@@H](N(C)C)[C@H]1OC(C)=O. The predicted octanol–water partition coefficient (Wildman–Crippen LogP) is 0.0879. The van der Waals surface area contributed by atoms with Gasteiger partial charge in [0.25, 0.3) is 0 Å². The van der Waals surface area contributed by atoms with E-state index in [1.54, 1.807) is 25.9 Å². The second kappa shape index (κ2) is 7.55. The zero-order valence-electron chi connectivity index (χ0n) is 13.7. The van der Waals surface area contributed by atoms with Crippen molar-refractivity contribution in [1.29, 1.82) is 0 Å². The maximum Gasteiger partial charge on any atom is 0.303 e. The zero-order chi connectivity index (χ0) is 17.0. The molecule has 0 bridgehead atoms. The van der Waals surface area contributed by atoms with E-state index in [-0.39, 0.29) is 0 Å². The Morgan fingerprint density at radius 2 is 1.23 bits per heavy atom. The molecule has 0 aromatic rings. The van der Waals surface area contributed by atoms with Crippen LogP contribution in [-0.4, -0.2) is 67.5 Å². The van der Waals surface area contributed by atoms with E-state index >= 15 is 0 Å². The Bertz CT molecular complexity index is 437. The van der Waals surface area contributed by atoms with Crippen molar-refractivity contribution in [3.05, 3.63) is 0 Å². The normalized spacial score (nSPS) is 31.5. The molecule has 1 aliphatic rings. The van der Waals surface area contributed by atoms with Crippen LogP contribution in [0.2, 0.25) is 0 Å². The molecule has 126 valence electrons. The molecule has 0 amide bonds. The van der Waals surface area contributed by atoms with Gasteiger partial charge < -0.3 is 18.9 Å². The number of esters is 3. The average Bonchev–Trinajstić information content (AvgIpc) is 2.34. The van der Waals surface area contributed by atoms with Crippen LogP contribution in [0.15, 0.2) is 0 Å². The Morgan fingerprint density at radius 1 is 0.818 bits per heavy atom. The van der Waals surface area contributed by atoms with Gasteiger partial charge >= 0.3 is 17.9 Å². The number of nitrogens with zero attached hydrogens (tertiary/aromatic N) is 1. The Kier molecular flexibility index (Phi) is 6.31. The van der Waals surface area contributed by atoms with Gasteiger partial charge in [0.15, 0.2) is 24.5 Å². The van der Waals surface area contributed by atoms with E-state index in [4.69, 9.17) is 18.9 Å². The smallest absolute Gasteiger partial charge is 0.303 e. The Labute approximate surface area is 129 Å². The van der Waals surface area contributed by atoms with Gasteiger partial charge in [-0.3, -0.25) is 19.3 Å². The molecule has 22 heavy (non-hydrogen) atoms. The highest BCUT2D eigenvalue weighted by Gasteiger charge is 2.50. The molecule has 0 saturated carbocycles. The number of carbonyl (C=O) groups is 3. The minimum absolute atomic E-state index is 0.535. The molecule has 1 heterocycles. The third kappa shape index (κ3) is 4.67. The van der Waals surface area contributed by atoms with Gasteiger partial charge in [0.1, 0.15) is 0 Å². The molecule has 8 heteroatoms. The summed E-state index contributed by atoms with van der Waals surface area (Å²) in [6, 6.07) is 0. The van der Waals surface area contributed by atoms with Gasteiger partial charge in [-0.05, 0) is 21.0 Å².